The lowest BCUT2D eigenvalue weighted by atomic mass is 10.2. The highest BCUT2D eigenvalue weighted by Crippen LogP contribution is 2.10. The first kappa shape index (κ1) is 9.86. The van der Waals surface area contributed by atoms with Gasteiger partial charge in [-0.15, -0.1) is 0 Å². The monoisotopic (exact) mass is 192 g/mol. The summed E-state index contributed by atoms with van der Waals surface area (Å²) in [5.74, 6) is 0. The van der Waals surface area contributed by atoms with Crippen molar-refractivity contribution in [2.45, 2.75) is 13.3 Å². The third kappa shape index (κ3) is 2.95. The number of thiocarbonyl (C=S) groups is 1. The predicted molar refractivity (Wildman–Crippen MR) is 60.6 cm³/mol. The maximum atomic E-state index is 5.50. The molecule has 1 rings (SSSR count). The van der Waals surface area contributed by atoms with E-state index in [1.54, 1.807) is 0 Å². The molecule has 68 valence electrons. The number of nitrogens with two attached hydrogens (primary N) is 1. The lowest BCUT2D eigenvalue weighted by Crippen LogP contribution is -2.19. The second-order valence-electron chi connectivity index (χ2n) is 2.61. The fourth-order valence-corrected chi connectivity index (χ4v) is 1.16. The first-order valence-electron chi connectivity index (χ1n) is 4.16. The average molecular weight is 192 g/mol. The van der Waals surface area contributed by atoms with Crippen LogP contribution in [0.4, 0.5) is 5.69 Å². The molecule has 1 aromatic carbocycles. The summed E-state index contributed by atoms with van der Waals surface area (Å²) in [6.45, 7) is 1.99. The van der Waals surface area contributed by atoms with E-state index in [1.807, 2.05) is 37.3 Å². The summed E-state index contributed by atoms with van der Waals surface area (Å²) in [7, 11) is 0. The van der Waals surface area contributed by atoms with Crippen LogP contribution < -0.4 is 5.73 Å². The number of hydrogen-bond donors (Lipinski definition) is 1. The topological polar surface area (TPSA) is 38.4 Å². The maximum Gasteiger partial charge on any atom is 0.118 e. The molecule has 0 atom stereocenters. The second-order valence-corrected chi connectivity index (χ2v) is 3.05. The molecule has 13 heavy (non-hydrogen) atoms. The highest BCUT2D eigenvalue weighted by atomic mass is 32.1. The summed E-state index contributed by atoms with van der Waals surface area (Å²) in [6.07, 6.45) is 0.768. The number of nitrogens with zero attached hydrogens (tertiary/aromatic N) is 1. The summed E-state index contributed by atoms with van der Waals surface area (Å²) in [5, 5.41) is 0. The first-order chi connectivity index (χ1) is 6.24. The van der Waals surface area contributed by atoms with Crippen LogP contribution in [-0.2, 0) is 0 Å². The van der Waals surface area contributed by atoms with E-state index in [0.29, 0.717) is 4.99 Å². The van der Waals surface area contributed by atoms with Gasteiger partial charge in [0.15, 0.2) is 0 Å². The van der Waals surface area contributed by atoms with Crippen LogP contribution >= 0.6 is 12.2 Å². The Kier molecular flexibility index (Phi) is 3.58. The molecule has 0 heterocycles. The minimum absolute atomic E-state index is 0.381. The summed E-state index contributed by atoms with van der Waals surface area (Å²) in [6, 6.07) is 9.67. The summed E-state index contributed by atoms with van der Waals surface area (Å²) >= 11 is 4.86. The first-order valence-corrected chi connectivity index (χ1v) is 4.57. The molecule has 2 nitrogen and oxygen atoms in total. The Labute approximate surface area is 83.5 Å². The Morgan fingerprint density at radius 2 is 2.00 bits per heavy atom. The highest BCUT2D eigenvalue weighted by molar-refractivity contribution is 7.82. The minimum Gasteiger partial charge on any atom is -0.388 e. The summed E-state index contributed by atoms with van der Waals surface area (Å²) in [5.41, 5.74) is 7.17. The molecule has 0 aliphatic rings. The van der Waals surface area contributed by atoms with Crippen molar-refractivity contribution in [3.63, 3.8) is 0 Å². The van der Waals surface area contributed by atoms with Gasteiger partial charge in [0.05, 0.1) is 11.4 Å². The van der Waals surface area contributed by atoms with Crippen molar-refractivity contribution in [2.75, 3.05) is 0 Å². The Morgan fingerprint density at radius 1 is 1.38 bits per heavy atom. The second kappa shape index (κ2) is 4.72. The fraction of sp³-hybridized carbons (Fsp3) is 0.200. The van der Waals surface area contributed by atoms with Gasteiger partial charge in [-0.3, -0.25) is 4.99 Å². The van der Waals surface area contributed by atoms with Crippen molar-refractivity contribution >= 4 is 28.6 Å². The van der Waals surface area contributed by atoms with Crippen molar-refractivity contribution in [1.82, 2.24) is 0 Å². The normalized spacial score (nSPS) is 11.3. The van der Waals surface area contributed by atoms with Gasteiger partial charge >= 0.3 is 0 Å². The molecule has 0 aliphatic heterocycles. The van der Waals surface area contributed by atoms with Crippen LogP contribution in [-0.4, -0.2) is 10.7 Å². The van der Waals surface area contributed by atoms with Crippen molar-refractivity contribution in [3.05, 3.63) is 30.3 Å². The molecule has 3 heteroatoms. The van der Waals surface area contributed by atoms with Gasteiger partial charge in [-0.25, -0.2) is 0 Å². The van der Waals surface area contributed by atoms with Gasteiger partial charge in [0.2, 0.25) is 0 Å². The van der Waals surface area contributed by atoms with E-state index in [-0.39, 0.29) is 0 Å². The van der Waals surface area contributed by atoms with E-state index in [4.69, 9.17) is 18.0 Å². The van der Waals surface area contributed by atoms with Crippen LogP contribution in [0.1, 0.15) is 13.3 Å². The zero-order valence-electron chi connectivity index (χ0n) is 7.53. The molecule has 0 saturated carbocycles. The van der Waals surface area contributed by atoms with Gasteiger partial charge in [-0.05, 0) is 18.6 Å². The number of aliphatic imine (C=N–C) groups is 1. The van der Waals surface area contributed by atoms with Gasteiger partial charge in [-0.1, -0.05) is 37.3 Å². The van der Waals surface area contributed by atoms with Crippen LogP contribution in [0.2, 0.25) is 0 Å². The maximum absolute atomic E-state index is 5.50. The molecule has 0 fully saturated rings. The zero-order valence-corrected chi connectivity index (χ0v) is 8.34. The highest BCUT2D eigenvalue weighted by Gasteiger charge is 1.98. The molecule has 0 aliphatic carbocycles. The zero-order chi connectivity index (χ0) is 9.68. The molecule has 0 saturated heterocycles. The lowest BCUT2D eigenvalue weighted by molar-refractivity contribution is 1.29. The molecular formula is C10H12N2S. The lowest BCUT2D eigenvalue weighted by Gasteiger charge is -2.00. The SMILES string of the molecule is CCC(=Nc1ccccc1)C(N)=S. The van der Waals surface area contributed by atoms with Crippen molar-refractivity contribution in [2.24, 2.45) is 10.7 Å². The van der Waals surface area contributed by atoms with Crippen molar-refractivity contribution in [3.8, 4) is 0 Å². The average Bonchev–Trinajstić information content (AvgIpc) is 2.15. The molecule has 2 N–H and O–H groups in total. The molecule has 0 unspecified atom stereocenters. The van der Waals surface area contributed by atoms with Crippen LogP contribution in [0.25, 0.3) is 0 Å². The van der Waals surface area contributed by atoms with Gasteiger partial charge < -0.3 is 5.73 Å². The Balaban J connectivity index is 2.92. The Hall–Kier alpha value is -1.22. The Morgan fingerprint density at radius 3 is 2.46 bits per heavy atom. The number of hydrogen-bond acceptors (Lipinski definition) is 2. The van der Waals surface area contributed by atoms with Crippen molar-refractivity contribution in [1.29, 1.82) is 0 Å². The fourth-order valence-electron chi connectivity index (χ4n) is 0.967. The largest absolute Gasteiger partial charge is 0.388 e. The van der Waals surface area contributed by atoms with E-state index < -0.39 is 0 Å². The molecular weight excluding hydrogens is 180 g/mol. The van der Waals surface area contributed by atoms with Gasteiger partial charge in [0.1, 0.15) is 4.99 Å². The van der Waals surface area contributed by atoms with E-state index in [1.165, 1.54) is 0 Å². The smallest absolute Gasteiger partial charge is 0.118 e. The third-order valence-electron chi connectivity index (χ3n) is 1.64. The predicted octanol–water partition coefficient (Wildman–Crippen LogP) is 2.46. The molecule has 0 bridgehead atoms. The van der Waals surface area contributed by atoms with E-state index >= 15 is 0 Å². The standard InChI is InChI=1S/C10H12N2S/c1-2-9(10(11)13)12-8-6-4-3-5-7-8/h3-7H,2H2,1H3,(H2,11,13). The minimum atomic E-state index is 0.381. The summed E-state index contributed by atoms with van der Waals surface area (Å²) in [4.78, 5) is 4.71. The van der Waals surface area contributed by atoms with Crippen LogP contribution in [0.15, 0.2) is 35.3 Å². The third-order valence-corrected chi connectivity index (χ3v) is 1.88. The van der Waals surface area contributed by atoms with E-state index in [2.05, 4.69) is 4.99 Å². The Bertz CT molecular complexity index is 317. The molecule has 0 aromatic heterocycles. The molecule has 0 radical (unpaired) electrons. The van der Waals surface area contributed by atoms with E-state index in [9.17, 15) is 0 Å². The van der Waals surface area contributed by atoms with Gasteiger partial charge in [0.25, 0.3) is 0 Å². The van der Waals surface area contributed by atoms with Crippen LogP contribution in [0, 0.1) is 0 Å². The van der Waals surface area contributed by atoms with Crippen molar-refractivity contribution < 1.29 is 0 Å². The number of para-hydroxylation sites is 1. The van der Waals surface area contributed by atoms with Gasteiger partial charge in [-0.2, -0.15) is 0 Å². The van der Waals surface area contributed by atoms with E-state index in [0.717, 1.165) is 17.8 Å². The van der Waals surface area contributed by atoms with Gasteiger partial charge in [0, 0.05) is 0 Å². The van der Waals surface area contributed by atoms with Crippen LogP contribution in [0.3, 0.4) is 0 Å². The van der Waals surface area contributed by atoms with Crippen LogP contribution in [0.5, 0.6) is 0 Å². The molecule has 1 aromatic rings. The quantitative estimate of drug-likeness (QED) is 0.590. The molecule has 0 amide bonds. The number of benzene rings is 1. The number of rotatable bonds is 3. The molecule has 0 spiro atoms. The summed E-state index contributed by atoms with van der Waals surface area (Å²) < 4.78 is 0.